The molecule has 0 saturated carbocycles. The Bertz CT molecular complexity index is 523. The van der Waals surface area contributed by atoms with Crippen LogP contribution in [0.25, 0.3) is 0 Å². The average Bonchev–Trinajstić information content (AvgIpc) is 2.38. The number of pyridine rings is 1. The fraction of sp³-hybridized carbons (Fsp3) is 0.500. The predicted octanol–water partition coefficient (Wildman–Crippen LogP) is 0.383. The Morgan fingerprint density at radius 2 is 2.11 bits per heavy atom. The SMILES string of the molecule is CCCN(CCO)S(=O)(=O)c1ccc([N+](=O)[O-])nc1. The van der Waals surface area contributed by atoms with Gasteiger partial charge >= 0.3 is 5.82 Å². The van der Waals surface area contributed by atoms with Gasteiger partial charge in [0, 0.05) is 19.2 Å². The van der Waals surface area contributed by atoms with Crippen LogP contribution < -0.4 is 0 Å². The lowest BCUT2D eigenvalue weighted by atomic mass is 10.5. The maximum absolute atomic E-state index is 12.2. The van der Waals surface area contributed by atoms with Crippen molar-refractivity contribution in [3.63, 3.8) is 0 Å². The molecular formula is C10H15N3O5S. The van der Waals surface area contributed by atoms with Crippen LogP contribution in [-0.2, 0) is 10.0 Å². The van der Waals surface area contributed by atoms with Crippen molar-refractivity contribution in [1.82, 2.24) is 9.29 Å². The lowest BCUT2D eigenvalue weighted by molar-refractivity contribution is -0.389. The van der Waals surface area contributed by atoms with Gasteiger partial charge in [0.25, 0.3) is 0 Å². The van der Waals surface area contributed by atoms with Crippen LogP contribution in [-0.4, -0.2) is 47.4 Å². The molecule has 0 aliphatic carbocycles. The number of hydrogen-bond acceptors (Lipinski definition) is 6. The monoisotopic (exact) mass is 289 g/mol. The van der Waals surface area contributed by atoms with Gasteiger partial charge in [0.05, 0.1) is 6.61 Å². The Labute approximate surface area is 110 Å². The van der Waals surface area contributed by atoms with E-state index in [1.807, 2.05) is 6.92 Å². The molecule has 106 valence electrons. The summed E-state index contributed by atoms with van der Waals surface area (Å²) in [6.45, 7) is 1.76. The molecule has 9 heteroatoms. The summed E-state index contributed by atoms with van der Waals surface area (Å²) in [5.41, 5.74) is 0. The Morgan fingerprint density at radius 3 is 2.53 bits per heavy atom. The zero-order chi connectivity index (χ0) is 14.5. The minimum absolute atomic E-state index is 0.0207. The third-order valence-corrected chi connectivity index (χ3v) is 4.25. The Morgan fingerprint density at radius 1 is 1.42 bits per heavy atom. The summed E-state index contributed by atoms with van der Waals surface area (Å²) in [5.74, 6) is -0.414. The molecule has 1 aromatic heterocycles. The third kappa shape index (κ3) is 3.69. The van der Waals surface area contributed by atoms with Crippen LogP contribution in [0.15, 0.2) is 23.2 Å². The van der Waals surface area contributed by atoms with Gasteiger partial charge in [-0.3, -0.25) is 0 Å². The highest BCUT2D eigenvalue weighted by Crippen LogP contribution is 2.17. The largest absolute Gasteiger partial charge is 0.395 e. The second-order valence-corrected chi connectivity index (χ2v) is 5.67. The first-order chi connectivity index (χ1) is 8.93. The van der Waals surface area contributed by atoms with Crippen molar-refractivity contribution in [1.29, 1.82) is 0 Å². The average molecular weight is 289 g/mol. The normalized spacial score (nSPS) is 11.7. The van der Waals surface area contributed by atoms with E-state index in [9.17, 15) is 18.5 Å². The molecule has 1 aromatic rings. The molecule has 1 heterocycles. The number of aliphatic hydroxyl groups is 1. The summed E-state index contributed by atoms with van der Waals surface area (Å²) in [4.78, 5) is 13.1. The van der Waals surface area contributed by atoms with E-state index in [2.05, 4.69) is 4.98 Å². The van der Waals surface area contributed by atoms with Crippen LogP contribution in [0.2, 0.25) is 0 Å². The molecule has 0 bridgehead atoms. The predicted molar refractivity (Wildman–Crippen MR) is 67.0 cm³/mol. The zero-order valence-corrected chi connectivity index (χ0v) is 11.2. The summed E-state index contributed by atoms with van der Waals surface area (Å²) in [5, 5.41) is 19.3. The van der Waals surface area contributed by atoms with Crippen molar-refractivity contribution in [2.75, 3.05) is 19.7 Å². The summed E-state index contributed by atoms with van der Waals surface area (Å²) in [7, 11) is -3.78. The van der Waals surface area contributed by atoms with E-state index < -0.39 is 20.8 Å². The van der Waals surface area contributed by atoms with Crippen molar-refractivity contribution in [3.05, 3.63) is 28.4 Å². The van der Waals surface area contributed by atoms with Crippen molar-refractivity contribution < 1.29 is 18.4 Å². The van der Waals surface area contributed by atoms with E-state index in [0.717, 1.165) is 22.6 Å². The lowest BCUT2D eigenvalue weighted by Gasteiger charge is -2.19. The number of nitro groups is 1. The fourth-order valence-corrected chi connectivity index (χ4v) is 2.96. The molecule has 0 saturated heterocycles. The standard InChI is InChI=1S/C10H15N3O5S/c1-2-5-12(6-7-14)19(17,18)9-3-4-10(11-8-9)13(15)16/h3-4,8,14H,2,5-7H2,1H3. The number of rotatable bonds is 7. The molecule has 0 radical (unpaired) electrons. The zero-order valence-electron chi connectivity index (χ0n) is 10.4. The van der Waals surface area contributed by atoms with Crippen LogP contribution in [0.3, 0.4) is 0 Å². The van der Waals surface area contributed by atoms with Crippen LogP contribution in [0.4, 0.5) is 5.82 Å². The van der Waals surface area contributed by atoms with Gasteiger partial charge in [-0.15, -0.1) is 0 Å². The van der Waals surface area contributed by atoms with Gasteiger partial charge in [0.1, 0.15) is 4.90 Å². The van der Waals surface area contributed by atoms with Crippen molar-refractivity contribution in [2.24, 2.45) is 0 Å². The van der Waals surface area contributed by atoms with Gasteiger partial charge < -0.3 is 15.2 Å². The highest BCUT2D eigenvalue weighted by atomic mass is 32.2. The summed E-state index contributed by atoms with van der Waals surface area (Å²) < 4.78 is 25.5. The lowest BCUT2D eigenvalue weighted by Crippen LogP contribution is -2.34. The Balaban J connectivity index is 3.07. The molecule has 19 heavy (non-hydrogen) atoms. The van der Waals surface area contributed by atoms with Gasteiger partial charge in [0.15, 0.2) is 6.20 Å². The Kier molecular flexibility index (Phi) is 5.33. The molecule has 8 nitrogen and oxygen atoms in total. The first-order valence-electron chi connectivity index (χ1n) is 5.65. The van der Waals surface area contributed by atoms with Crippen molar-refractivity contribution >= 4 is 15.8 Å². The van der Waals surface area contributed by atoms with Crippen molar-refractivity contribution in [3.8, 4) is 0 Å². The fourth-order valence-electron chi connectivity index (χ4n) is 1.50. The van der Waals surface area contributed by atoms with Crippen LogP contribution >= 0.6 is 0 Å². The molecule has 0 aliphatic heterocycles. The topological polar surface area (TPSA) is 114 Å². The van der Waals surface area contributed by atoms with E-state index in [0.29, 0.717) is 6.42 Å². The summed E-state index contributed by atoms with van der Waals surface area (Å²) in [6, 6.07) is 2.18. The maximum atomic E-state index is 12.2. The molecular weight excluding hydrogens is 274 g/mol. The smallest absolute Gasteiger partial charge is 0.363 e. The van der Waals surface area contributed by atoms with Gasteiger partial charge in [0.2, 0.25) is 10.0 Å². The third-order valence-electron chi connectivity index (χ3n) is 2.37. The summed E-state index contributed by atoms with van der Waals surface area (Å²) in [6.07, 6.45) is 1.55. The maximum Gasteiger partial charge on any atom is 0.363 e. The quantitative estimate of drug-likeness (QED) is 0.573. The second-order valence-electron chi connectivity index (χ2n) is 3.74. The highest BCUT2D eigenvalue weighted by Gasteiger charge is 2.25. The number of aliphatic hydroxyl groups excluding tert-OH is 1. The van der Waals surface area contributed by atoms with Gasteiger partial charge in [-0.1, -0.05) is 6.92 Å². The van der Waals surface area contributed by atoms with E-state index >= 15 is 0 Å². The Hall–Kier alpha value is -1.58. The molecule has 0 fully saturated rings. The second kappa shape index (κ2) is 6.55. The number of sulfonamides is 1. The molecule has 0 unspecified atom stereocenters. The molecule has 0 spiro atoms. The van der Waals surface area contributed by atoms with Crippen LogP contribution in [0.1, 0.15) is 13.3 Å². The van der Waals surface area contributed by atoms with Gasteiger partial charge in [-0.05, 0) is 22.4 Å². The molecule has 0 aliphatic rings. The molecule has 0 aromatic carbocycles. The van der Waals surface area contributed by atoms with Gasteiger partial charge in [-0.2, -0.15) is 4.31 Å². The minimum Gasteiger partial charge on any atom is -0.395 e. The van der Waals surface area contributed by atoms with E-state index in [1.165, 1.54) is 0 Å². The molecule has 1 rings (SSSR count). The van der Waals surface area contributed by atoms with Gasteiger partial charge in [-0.25, -0.2) is 8.42 Å². The molecule has 0 atom stereocenters. The van der Waals surface area contributed by atoms with E-state index in [-0.39, 0.29) is 24.6 Å². The molecule has 1 N–H and O–H groups in total. The van der Waals surface area contributed by atoms with Crippen LogP contribution in [0.5, 0.6) is 0 Å². The first kappa shape index (κ1) is 15.5. The van der Waals surface area contributed by atoms with E-state index in [1.54, 1.807) is 0 Å². The number of hydrogen-bond donors (Lipinski definition) is 1. The van der Waals surface area contributed by atoms with Crippen molar-refractivity contribution in [2.45, 2.75) is 18.2 Å². The molecule has 0 amide bonds. The minimum atomic E-state index is -3.78. The number of aromatic nitrogens is 1. The highest BCUT2D eigenvalue weighted by molar-refractivity contribution is 7.89. The number of nitrogens with zero attached hydrogens (tertiary/aromatic N) is 3. The van der Waals surface area contributed by atoms with Crippen LogP contribution in [0, 0.1) is 10.1 Å². The first-order valence-corrected chi connectivity index (χ1v) is 7.09. The summed E-state index contributed by atoms with van der Waals surface area (Å²) >= 11 is 0. The van der Waals surface area contributed by atoms with E-state index in [4.69, 9.17) is 5.11 Å².